The van der Waals surface area contributed by atoms with Crippen LogP contribution in [-0.2, 0) is 11.3 Å². The molecule has 0 N–H and O–H groups in total. The molecule has 0 radical (unpaired) electrons. The molecule has 0 bridgehead atoms. The van der Waals surface area contributed by atoms with Crippen LogP contribution in [0.5, 0.6) is 0 Å². The lowest BCUT2D eigenvalue weighted by molar-refractivity contribution is -0.131. The fourth-order valence-corrected chi connectivity index (χ4v) is 4.72. The van der Waals surface area contributed by atoms with Gasteiger partial charge in [-0.05, 0) is 54.5 Å². The second-order valence-electron chi connectivity index (χ2n) is 8.87. The van der Waals surface area contributed by atoms with Gasteiger partial charge in [0.25, 0.3) is 0 Å². The summed E-state index contributed by atoms with van der Waals surface area (Å²) in [7, 11) is 0. The van der Waals surface area contributed by atoms with E-state index in [1.54, 1.807) is 6.26 Å². The lowest BCUT2D eigenvalue weighted by atomic mass is 10.0. The third-order valence-electron chi connectivity index (χ3n) is 6.62. The van der Waals surface area contributed by atoms with Crippen LogP contribution in [0.1, 0.15) is 19.3 Å². The van der Waals surface area contributed by atoms with E-state index in [9.17, 15) is 4.79 Å². The molecule has 6 rings (SSSR count). The van der Waals surface area contributed by atoms with E-state index in [0.29, 0.717) is 17.7 Å². The highest BCUT2D eigenvalue weighted by Gasteiger charge is 2.36. The molecule has 5 heteroatoms. The molecule has 4 aromatic rings. The van der Waals surface area contributed by atoms with Crippen molar-refractivity contribution in [3.63, 3.8) is 0 Å². The lowest BCUT2D eigenvalue weighted by Gasteiger charge is -2.17. The molecule has 1 saturated carbocycles. The SMILES string of the molecule is O=C(C1CC1)N1CC[C@H](Cn2ccnc2-c2ccc(-c3ccc4occc4c3)cc2)C1. The molecule has 2 aromatic carbocycles. The number of imidazole rings is 1. The maximum Gasteiger partial charge on any atom is 0.225 e. The summed E-state index contributed by atoms with van der Waals surface area (Å²) < 4.78 is 7.68. The van der Waals surface area contributed by atoms with Gasteiger partial charge in [-0.1, -0.05) is 30.3 Å². The monoisotopic (exact) mass is 411 g/mol. The van der Waals surface area contributed by atoms with Crippen LogP contribution in [0, 0.1) is 11.8 Å². The largest absolute Gasteiger partial charge is 0.464 e. The third kappa shape index (κ3) is 3.54. The molecule has 1 atom stereocenters. The van der Waals surface area contributed by atoms with Crippen LogP contribution in [0.3, 0.4) is 0 Å². The Morgan fingerprint density at radius 1 is 1.00 bits per heavy atom. The minimum atomic E-state index is 0.315. The van der Waals surface area contributed by atoms with Crippen molar-refractivity contribution in [1.82, 2.24) is 14.5 Å². The van der Waals surface area contributed by atoms with E-state index < -0.39 is 0 Å². The molecular weight excluding hydrogens is 386 g/mol. The van der Waals surface area contributed by atoms with Crippen LogP contribution in [0.2, 0.25) is 0 Å². The molecule has 156 valence electrons. The second kappa shape index (κ2) is 7.41. The van der Waals surface area contributed by atoms with Crippen molar-refractivity contribution in [2.75, 3.05) is 13.1 Å². The Morgan fingerprint density at radius 3 is 2.65 bits per heavy atom. The smallest absolute Gasteiger partial charge is 0.225 e. The fourth-order valence-electron chi connectivity index (χ4n) is 4.72. The van der Waals surface area contributed by atoms with Gasteiger partial charge in [0.2, 0.25) is 5.91 Å². The predicted octanol–water partition coefficient (Wildman–Crippen LogP) is 5.22. The Bertz CT molecular complexity index is 1230. The summed E-state index contributed by atoms with van der Waals surface area (Å²) in [6.07, 6.45) is 8.89. The van der Waals surface area contributed by atoms with E-state index in [0.717, 1.165) is 61.3 Å². The fraction of sp³-hybridized carbons (Fsp3) is 0.308. The lowest BCUT2D eigenvalue weighted by Crippen LogP contribution is -2.30. The van der Waals surface area contributed by atoms with Crippen LogP contribution in [0.4, 0.5) is 0 Å². The molecule has 2 fully saturated rings. The van der Waals surface area contributed by atoms with Crippen LogP contribution < -0.4 is 0 Å². The molecule has 1 amide bonds. The first-order valence-corrected chi connectivity index (χ1v) is 11.1. The van der Waals surface area contributed by atoms with E-state index in [-0.39, 0.29) is 0 Å². The maximum atomic E-state index is 12.4. The van der Waals surface area contributed by atoms with E-state index in [1.165, 1.54) is 11.1 Å². The third-order valence-corrected chi connectivity index (χ3v) is 6.62. The van der Waals surface area contributed by atoms with Gasteiger partial charge >= 0.3 is 0 Å². The molecular formula is C26H25N3O2. The number of amides is 1. The Kier molecular flexibility index (Phi) is 4.41. The van der Waals surface area contributed by atoms with Crippen LogP contribution in [-0.4, -0.2) is 33.4 Å². The molecule has 0 spiro atoms. The number of nitrogens with zero attached hydrogens (tertiary/aromatic N) is 3. The first-order chi connectivity index (χ1) is 15.2. The highest BCUT2D eigenvalue weighted by atomic mass is 16.3. The molecule has 31 heavy (non-hydrogen) atoms. The minimum Gasteiger partial charge on any atom is -0.464 e. The number of carbonyl (C=O) groups excluding carboxylic acids is 1. The molecule has 1 saturated heterocycles. The van der Waals surface area contributed by atoms with Gasteiger partial charge in [0.1, 0.15) is 11.4 Å². The van der Waals surface area contributed by atoms with E-state index in [1.807, 2.05) is 18.3 Å². The number of benzene rings is 2. The summed E-state index contributed by atoms with van der Waals surface area (Å²) in [6, 6.07) is 16.9. The zero-order chi connectivity index (χ0) is 20.8. The van der Waals surface area contributed by atoms with Crippen molar-refractivity contribution < 1.29 is 9.21 Å². The van der Waals surface area contributed by atoms with E-state index in [4.69, 9.17) is 4.42 Å². The summed E-state index contributed by atoms with van der Waals surface area (Å²) in [6.45, 7) is 2.69. The molecule has 0 unspecified atom stereocenters. The van der Waals surface area contributed by atoms with Crippen molar-refractivity contribution in [2.45, 2.75) is 25.8 Å². The quantitative estimate of drug-likeness (QED) is 0.452. The van der Waals surface area contributed by atoms with Gasteiger partial charge in [0.15, 0.2) is 0 Å². The van der Waals surface area contributed by atoms with Gasteiger partial charge < -0.3 is 13.9 Å². The Hall–Kier alpha value is -3.34. The van der Waals surface area contributed by atoms with Crippen LogP contribution in [0.25, 0.3) is 33.5 Å². The topological polar surface area (TPSA) is 51.3 Å². The average Bonchev–Trinajstić information content (AvgIpc) is 3.17. The summed E-state index contributed by atoms with van der Waals surface area (Å²) in [5, 5.41) is 1.11. The zero-order valence-corrected chi connectivity index (χ0v) is 17.4. The van der Waals surface area contributed by atoms with E-state index in [2.05, 4.69) is 57.0 Å². The second-order valence-corrected chi connectivity index (χ2v) is 8.87. The van der Waals surface area contributed by atoms with Crippen molar-refractivity contribution in [2.24, 2.45) is 11.8 Å². The van der Waals surface area contributed by atoms with Gasteiger partial charge in [-0.2, -0.15) is 0 Å². The Morgan fingerprint density at radius 2 is 1.81 bits per heavy atom. The number of hydrogen-bond donors (Lipinski definition) is 0. The first kappa shape index (κ1) is 18.4. The van der Waals surface area contributed by atoms with E-state index >= 15 is 0 Å². The number of fused-ring (bicyclic) bond motifs is 1. The predicted molar refractivity (Wildman–Crippen MR) is 120 cm³/mol. The van der Waals surface area contributed by atoms with Crippen molar-refractivity contribution in [3.05, 3.63) is 67.2 Å². The van der Waals surface area contributed by atoms with Crippen LogP contribution in [0.15, 0.2) is 71.6 Å². The summed E-state index contributed by atoms with van der Waals surface area (Å²) in [5.74, 6) is 2.17. The van der Waals surface area contributed by atoms with Crippen molar-refractivity contribution in [3.8, 4) is 22.5 Å². The molecule has 2 aliphatic rings. The number of aromatic nitrogens is 2. The molecule has 2 aromatic heterocycles. The number of likely N-dealkylation sites (tertiary alicyclic amines) is 1. The number of hydrogen-bond acceptors (Lipinski definition) is 3. The number of rotatable bonds is 5. The van der Waals surface area contributed by atoms with Gasteiger partial charge in [-0.15, -0.1) is 0 Å². The highest BCUT2D eigenvalue weighted by Crippen LogP contribution is 2.33. The van der Waals surface area contributed by atoms with Gasteiger partial charge in [0.05, 0.1) is 6.26 Å². The number of carbonyl (C=O) groups is 1. The first-order valence-electron chi connectivity index (χ1n) is 11.1. The van der Waals surface area contributed by atoms with Gasteiger partial charge in [-0.3, -0.25) is 4.79 Å². The maximum absolute atomic E-state index is 12.4. The van der Waals surface area contributed by atoms with Gasteiger partial charge in [0, 0.05) is 48.9 Å². The summed E-state index contributed by atoms with van der Waals surface area (Å²) >= 11 is 0. The van der Waals surface area contributed by atoms with Crippen molar-refractivity contribution in [1.29, 1.82) is 0 Å². The normalized spacial score (nSPS) is 18.7. The number of furan rings is 1. The molecule has 1 aliphatic carbocycles. The zero-order valence-electron chi connectivity index (χ0n) is 17.4. The summed E-state index contributed by atoms with van der Waals surface area (Å²) in [5.41, 5.74) is 4.37. The van der Waals surface area contributed by atoms with Crippen molar-refractivity contribution >= 4 is 16.9 Å². The Labute approximate surface area is 181 Å². The summed E-state index contributed by atoms with van der Waals surface area (Å²) in [4.78, 5) is 19.1. The van der Waals surface area contributed by atoms with Crippen LogP contribution >= 0.6 is 0 Å². The highest BCUT2D eigenvalue weighted by molar-refractivity contribution is 5.84. The standard InChI is InChI=1S/C26H25N3O2/c30-26(21-5-6-21)29-12-9-18(17-29)16-28-13-11-27-25(28)20-3-1-19(2-4-20)22-7-8-24-23(15-22)10-14-31-24/h1-4,7-8,10-11,13-15,18,21H,5-6,9,12,16-17H2/t18-/m1/s1. The Balaban J connectivity index is 1.18. The average molecular weight is 412 g/mol. The molecule has 1 aliphatic heterocycles. The van der Waals surface area contributed by atoms with Gasteiger partial charge in [-0.25, -0.2) is 4.98 Å². The minimum absolute atomic E-state index is 0.315. The molecule has 5 nitrogen and oxygen atoms in total. The molecule has 3 heterocycles.